The van der Waals surface area contributed by atoms with Gasteiger partial charge in [0.25, 0.3) is 5.56 Å². The molecule has 0 bridgehead atoms. The average molecular weight is 917 g/mol. The largest absolute Gasteiger partial charge is 0.497 e. The first-order valence-electron chi connectivity index (χ1n) is 20.4. The molecule has 5 atom stereocenters. The highest BCUT2D eigenvalue weighted by atomic mass is 31.2. The van der Waals surface area contributed by atoms with E-state index in [0.717, 1.165) is 10.6 Å². The van der Waals surface area contributed by atoms with Crippen molar-refractivity contribution >= 4 is 13.8 Å². The van der Waals surface area contributed by atoms with Gasteiger partial charge in [0.05, 0.1) is 39.9 Å². The Hall–Kier alpha value is -5.16. The van der Waals surface area contributed by atoms with Gasteiger partial charge in [-0.1, -0.05) is 54.6 Å². The first-order chi connectivity index (χ1) is 30.5. The summed E-state index contributed by atoms with van der Waals surface area (Å²) in [5.41, 5.74) is -0.890. The first kappa shape index (κ1) is 49.8. The van der Waals surface area contributed by atoms with E-state index in [2.05, 4.69) is 11.1 Å². The predicted molar refractivity (Wildman–Crippen MR) is 229 cm³/mol. The van der Waals surface area contributed by atoms with Gasteiger partial charge in [0.1, 0.15) is 42.3 Å². The van der Waals surface area contributed by atoms with E-state index >= 15 is 0 Å². The van der Waals surface area contributed by atoms with Gasteiger partial charge in [-0.05, 0) is 68.7 Å². The molecule has 1 aliphatic heterocycles. The molecule has 20 heteroatoms. The SMILES string of the molecule is COc1ccc(C(OC[C@H]2O[C@@H](n3ccc(=O)[nH]c3=O)[C@H](OCOCCNC(=O)C(F)(F)F)[C@@H]2O[P+](O)(CCC#N)N(C(C)C)C(C)C)(c2ccccc2)c2ccc(OC)cc2)cc1. The van der Waals surface area contributed by atoms with Crippen LogP contribution in [-0.2, 0) is 33.9 Å². The molecule has 16 nitrogen and oxygen atoms in total. The van der Waals surface area contributed by atoms with Crippen LogP contribution in [0.25, 0.3) is 0 Å². The molecule has 2 heterocycles. The summed E-state index contributed by atoms with van der Waals surface area (Å²) in [5, 5.41) is 11.5. The van der Waals surface area contributed by atoms with E-state index < -0.39 is 81.3 Å². The molecular weight excluding hydrogens is 862 g/mol. The maximum absolute atomic E-state index is 13.5. The Bertz CT molecular complexity index is 2220. The Morgan fingerprint density at radius 2 is 1.50 bits per heavy atom. The number of ether oxygens (including phenoxy) is 6. The van der Waals surface area contributed by atoms with Crippen LogP contribution in [0.3, 0.4) is 0 Å². The number of H-pyrrole nitrogens is 1. The minimum atomic E-state index is -5.10. The second-order valence-corrected chi connectivity index (χ2v) is 17.7. The average Bonchev–Trinajstić information content (AvgIpc) is 3.59. The number of alkyl halides is 3. The number of carbonyl (C=O) groups excluding carboxylic acids is 1. The van der Waals surface area contributed by atoms with E-state index in [4.69, 9.17) is 32.9 Å². The number of aromatic nitrogens is 2. The van der Waals surface area contributed by atoms with Crippen LogP contribution < -0.4 is 26.0 Å². The Morgan fingerprint density at radius 1 is 0.922 bits per heavy atom. The summed E-state index contributed by atoms with van der Waals surface area (Å²) in [6, 6.07) is 26.6. The standard InChI is InChI=1S/C44H53F3N5O11P/c1-29(2)52(30(3)4)64(56,26-10-22-48)63-38-36(62-40(51-24-21-37(53)50-42(51)55)39(38)60-28-59-25-23-49-41(54)44(45,46)47)27-61-43(31-11-8-7-9-12-31,32-13-17-34(57-5)18-14-32)33-15-19-35(58-6)20-16-33/h7-9,11-21,24,29-30,36,38-40,56H,10,23,25-28H2,1-6H3,(H-,49,50,53,54,55)/p+1/t36-,38-,39-,40-,64?/m1/s1. The molecule has 3 aromatic carbocycles. The van der Waals surface area contributed by atoms with Crippen LogP contribution in [0.2, 0.25) is 0 Å². The van der Waals surface area contributed by atoms with Gasteiger partial charge < -0.3 is 33.7 Å². The normalized spacial score (nSPS) is 18.8. The van der Waals surface area contributed by atoms with Crippen molar-refractivity contribution in [3.8, 4) is 17.6 Å². The maximum Gasteiger partial charge on any atom is 0.471 e. The predicted octanol–water partition coefficient (Wildman–Crippen LogP) is 5.67. The highest BCUT2D eigenvalue weighted by Crippen LogP contribution is 2.64. The van der Waals surface area contributed by atoms with Crippen LogP contribution in [0.1, 0.15) is 57.0 Å². The van der Waals surface area contributed by atoms with Crippen LogP contribution in [-0.4, -0.2) is 109 Å². The lowest BCUT2D eigenvalue weighted by atomic mass is 9.80. The van der Waals surface area contributed by atoms with Crippen molar-refractivity contribution in [2.75, 3.05) is 46.9 Å². The minimum Gasteiger partial charge on any atom is -0.497 e. The van der Waals surface area contributed by atoms with Gasteiger partial charge in [-0.3, -0.25) is 19.1 Å². The molecule has 5 rings (SSSR count). The van der Waals surface area contributed by atoms with Gasteiger partial charge in [0, 0.05) is 30.9 Å². The lowest BCUT2D eigenvalue weighted by Gasteiger charge is -2.39. The molecule has 1 aromatic heterocycles. The van der Waals surface area contributed by atoms with Crippen LogP contribution in [0, 0.1) is 11.3 Å². The molecule has 64 heavy (non-hydrogen) atoms. The monoisotopic (exact) mass is 916 g/mol. The molecule has 1 aliphatic rings. The van der Waals surface area contributed by atoms with Crippen molar-refractivity contribution in [3.05, 3.63) is 129 Å². The fourth-order valence-electron chi connectivity index (χ4n) is 7.73. The van der Waals surface area contributed by atoms with Gasteiger partial charge in [0.2, 0.25) is 0 Å². The van der Waals surface area contributed by atoms with Crippen molar-refractivity contribution in [1.29, 1.82) is 5.26 Å². The number of nitrogens with zero attached hydrogens (tertiary/aromatic N) is 3. The summed E-state index contributed by atoms with van der Waals surface area (Å²) in [6.07, 6.45) is -9.32. The van der Waals surface area contributed by atoms with Crippen molar-refractivity contribution < 1.29 is 55.8 Å². The number of aromatic amines is 1. The molecule has 0 radical (unpaired) electrons. The molecule has 4 aromatic rings. The Kier molecular flexibility index (Phi) is 17.3. The zero-order valence-corrected chi connectivity index (χ0v) is 37.2. The fraction of sp³-hybridized carbons (Fsp3) is 0.455. The first-order valence-corrected chi connectivity index (χ1v) is 22.2. The van der Waals surface area contributed by atoms with E-state index in [1.54, 1.807) is 48.5 Å². The van der Waals surface area contributed by atoms with Crippen molar-refractivity contribution in [2.24, 2.45) is 0 Å². The number of nitriles is 1. The number of carbonyl (C=O) groups is 1. The number of amides is 1. The number of hydrogen-bond donors (Lipinski definition) is 3. The van der Waals surface area contributed by atoms with E-state index in [-0.39, 0.29) is 31.3 Å². The summed E-state index contributed by atoms with van der Waals surface area (Å²) in [6.45, 7) is 5.62. The zero-order chi connectivity index (χ0) is 46.7. The summed E-state index contributed by atoms with van der Waals surface area (Å²) in [4.78, 5) is 52.0. The number of rotatable bonds is 22. The lowest BCUT2D eigenvalue weighted by Crippen LogP contribution is -2.46. The molecule has 0 aliphatic carbocycles. The summed E-state index contributed by atoms with van der Waals surface area (Å²) in [7, 11) is -0.672. The molecule has 1 fully saturated rings. The van der Waals surface area contributed by atoms with Gasteiger partial charge in [-0.25, -0.2) is 9.69 Å². The quantitative estimate of drug-likeness (QED) is 0.0378. The Labute approximate surface area is 369 Å². The molecule has 346 valence electrons. The van der Waals surface area contributed by atoms with Gasteiger partial charge in [-0.15, -0.1) is 4.67 Å². The van der Waals surface area contributed by atoms with Crippen LogP contribution >= 0.6 is 7.87 Å². The second-order valence-electron chi connectivity index (χ2n) is 15.2. The van der Waals surface area contributed by atoms with Crippen molar-refractivity contribution in [3.63, 3.8) is 0 Å². The smallest absolute Gasteiger partial charge is 0.471 e. The number of nitrogens with one attached hydrogen (secondary N) is 2. The summed E-state index contributed by atoms with van der Waals surface area (Å²) in [5.74, 6) is -0.966. The van der Waals surface area contributed by atoms with E-state index in [1.807, 2.05) is 82.3 Å². The Morgan fingerprint density at radius 3 is 2.02 bits per heavy atom. The topological polar surface area (TPSA) is 196 Å². The van der Waals surface area contributed by atoms with Gasteiger partial charge >= 0.3 is 25.6 Å². The van der Waals surface area contributed by atoms with E-state index in [9.17, 15) is 37.7 Å². The fourth-order valence-corrected chi connectivity index (χ4v) is 10.7. The van der Waals surface area contributed by atoms with Crippen LogP contribution in [0.15, 0.2) is 101 Å². The van der Waals surface area contributed by atoms with Crippen LogP contribution in [0.4, 0.5) is 13.2 Å². The third-order valence-electron chi connectivity index (χ3n) is 10.4. The third-order valence-corrected chi connectivity index (χ3v) is 13.4. The molecule has 0 spiro atoms. The molecule has 1 unspecified atom stereocenters. The molecule has 1 saturated heterocycles. The zero-order valence-electron chi connectivity index (χ0n) is 36.3. The highest BCUT2D eigenvalue weighted by Gasteiger charge is 2.58. The summed E-state index contributed by atoms with van der Waals surface area (Å²) >= 11 is 0. The summed E-state index contributed by atoms with van der Waals surface area (Å²) < 4.78 is 84.8. The second kappa shape index (κ2) is 22.2. The molecule has 3 N–H and O–H groups in total. The highest BCUT2D eigenvalue weighted by molar-refractivity contribution is 7.63. The van der Waals surface area contributed by atoms with Crippen molar-refractivity contribution in [2.45, 2.75) is 82.5 Å². The third kappa shape index (κ3) is 11.7. The van der Waals surface area contributed by atoms with Crippen LogP contribution in [0.5, 0.6) is 11.5 Å². The van der Waals surface area contributed by atoms with Crippen molar-refractivity contribution in [1.82, 2.24) is 19.5 Å². The lowest BCUT2D eigenvalue weighted by molar-refractivity contribution is -0.174. The molecular formula is C44H54F3N5O11P+. The molecule has 0 saturated carbocycles. The van der Waals surface area contributed by atoms with Gasteiger partial charge in [-0.2, -0.15) is 23.0 Å². The van der Waals surface area contributed by atoms with Gasteiger partial charge in [0.15, 0.2) is 12.3 Å². The molecule has 1 amide bonds. The van der Waals surface area contributed by atoms with E-state index in [0.29, 0.717) is 28.2 Å². The Balaban J connectivity index is 1.65. The number of halogens is 3. The minimum absolute atomic E-state index is 0.0951. The number of methoxy groups -OCH3 is 2. The maximum atomic E-state index is 13.5. The van der Waals surface area contributed by atoms with E-state index in [1.165, 1.54) is 6.20 Å². The number of hydrogen-bond acceptors (Lipinski definition) is 13. The number of benzene rings is 3.